The molecule has 0 radical (unpaired) electrons. The third kappa shape index (κ3) is 4.65. The fourth-order valence-electron chi connectivity index (χ4n) is 6.21. The molecular formula is C29H34N4O3. The molecule has 2 N–H and O–H groups in total. The van der Waals surface area contributed by atoms with Gasteiger partial charge < -0.3 is 24.8 Å². The molecule has 3 aliphatic rings. The van der Waals surface area contributed by atoms with Crippen LogP contribution >= 0.6 is 0 Å². The van der Waals surface area contributed by atoms with Crippen molar-refractivity contribution in [3.05, 3.63) is 71.9 Å². The number of likely N-dealkylation sites (tertiary alicyclic amines) is 2. The average molecular weight is 487 g/mol. The number of hydrogen-bond donors (Lipinski definition) is 2. The third-order valence-electron chi connectivity index (χ3n) is 8.22. The number of carbonyl (C=O) groups excluding carboxylic acids is 2. The Balaban J connectivity index is 1.05. The molecule has 0 bridgehead atoms. The van der Waals surface area contributed by atoms with E-state index in [2.05, 4.69) is 27.3 Å². The SMILES string of the molecule is O=C(NC(CCN1CC2CN(C(=O)c3c[nH]c4ccccc34)C[C@@H]2C1)c1ccccc1)C1CCOC1. The number of carbonyl (C=O) groups is 2. The van der Waals surface area contributed by atoms with Crippen LogP contribution in [0.1, 0.15) is 34.8 Å². The van der Waals surface area contributed by atoms with Gasteiger partial charge in [0.05, 0.1) is 24.1 Å². The molecule has 0 aliphatic carbocycles. The van der Waals surface area contributed by atoms with E-state index in [9.17, 15) is 9.59 Å². The molecule has 6 rings (SSSR count). The van der Waals surface area contributed by atoms with E-state index in [4.69, 9.17) is 4.74 Å². The van der Waals surface area contributed by atoms with Crippen molar-refractivity contribution in [3.8, 4) is 0 Å². The van der Waals surface area contributed by atoms with Gasteiger partial charge in [0.25, 0.3) is 5.91 Å². The Morgan fingerprint density at radius 1 is 1.00 bits per heavy atom. The Hall–Kier alpha value is -3.16. The summed E-state index contributed by atoms with van der Waals surface area (Å²) in [6.07, 6.45) is 3.53. The van der Waals surface area contributed by atoms with Crippen LogP contribution in [-0.4, -0.2) is 72.5 Å². The highest BCUT2D eigenvalue weighted by molar-refractivity contribution is 6.06. The number of hydrogen-bond acceptors (Lipinski definition) is 4. The van der Waals surface area contributed by atoms with Crippen LogP contribution in [-0.2, 0) is 9.53 Å². The number of H-pyrrole nitrogens is 1. The Kier molecular flexibility index (Phi) is 6.50. The molecule has 3 unspecified atom stereocenters. The molecule has 7 nitrogen and oxygen atoms in total. The van der Waals surface area contributed by atoms with Crippen molar-refractivity contribution in [2.24, 2.45) is 17.8 Å². The van der Waals surface area contributed by atoms with Crippen molar-refractivity contribution < 1.29 is 14.3 Å². The lowest BCUT2D eigenvalue weighted by molar-refractivity contribution is -0.125. The van der Waals surface area contributed by atoms with Crippen molar-refractivity contribution >= 4 is 22.7 Å². The lowest BCUT2D eigenvalue weighted by Gasteiger charge is -2.25. The minimum Gasteiger partial charge on any atom is -0.381 e. The normalized spacial score (nSPS) is 24.8. The predicted molar refractivity (Wildman–Crippen MR) is 138 cm³/mol. The number of aromatic amines is 1. The highest BCUT2D eigenvalue weighted by Crippen LogP contribution is 2.33. The maximum absolute atomic E-state index is 13.3. The summed E-state index contributed by atoms with van der Waals surface area (Å²) in [6, 6.07) is 18.3. The van der Waals surface area contributed by atoms with Crippen LogP contribution in [0.5, 0.6) is 0 Å². The number of aromatic nitrogens is 1. The quantitative estimate of drug-likeness (QED) is 0.536. The summed E-state index contributed by atoms with van der Waals surface area (Å²) in [5.74, 6) is 1.23. The Bertz CT molecular complexity index is 1210. The van der Waals surface area contributed by atoms with Crippen molar-refractivity contribution in [1.82, 2.24) is 20.1 Å². The van der Waals surface area contributed by atoms with E-state index in [0.717, 1.165) is 67.6 Å². The first kappa shape index (κ1) is 23.3. The molecule has 2 aromatic carbocycles. The van der Waals surface area contributed by atoms with E-state index in [1.54, 1.807) is 0 Å². The first-order chi connectivity index (χ1) is 17.7. The summed E-state index contributed by atoms with van der Waals surface area (Å²) >= 11 is 0. The second-order valence-corrected chi connectivity index (χ2v) is 10.6. The molecule has 0 spiro atoms. The van der Waals surface area contributed by atoms with E-state index in [1.807, 2.05) is 53.6 Å². The zero-order valence-electron chi connectivity index (χ0n) is 20.6. The zero-order chi connectivity index (χ0) is 24.5. The van der Waals surface area contributed by atoms with Gasteiger partial charge in [0.15, 0.2) is 0 Å². The molecule has 2 amide bonds. The summed E-state index contributed by atoms with van der Waals surface area (Å²) in [4.78, 5) is 33.9. The molecular weight excluding hydrogens is 452 g/mol. The molecule has 4 atom stereocenters. The highest BCUT2D eigenvalue weighted by Gasteiger charge is 2.42. The number of benzene rings is 2. The molecule has 36 heavy (non-hydrogen) atoms. The van der Waals surface area contributed by atoms with E-state index >= 15 is 0 Å². The van der Waals surface area contributed by atoms with Gasteiger partial charge in [0.2, 0.25) is 5.91 Å². The molecule has 3 aliphatic heterocycles. The fourth-order valence-corrected chi connectivity index (χ4v) is 6.21. The Labute approximate surface area is 211 Å². The van der Waals surface area contributed by atoms with Crippen molar-refractivity contribution in [1.29, 1.82) is 0 Å². The minimum absolute atomic E-state index is 0.000288. The zero-order valence-corrected chi connectivity index (χ0v) is 20.6. The molecule has 7 heteroatoms. The number of rotatable bonds is 7. The summed E-state index contributed by atoms with van der Waals surface area (Å²) in [5.41, 5.74) is 2.93. The number of amides is 2. The molecule has 188 valence electrons. The molecule has 3 aromatic rings. The number of fused-ring (bicyclic) bond motifs is 2. The number of nitrogens with zero attached hydrogens (tertiary/aromatic N) is 2. The topological polar surface area (TPSA) is 77.7 Å². The van der Waals surface area contributed by atoms with Gasteiger partial charge in [-0.25, -0.2) is 0 Å². The third-order valence-corrected chi connectivity index (χ3v) is 8.22. The molecule has 1 aromatic heterocycles. The van der Waals surface area contributed by atoms with E-state index in [0.29, 0.717) is 25.0 Å². The van der Waals surface area contributed by atoms with Gasteiger partial charge in [0.1, 0.15) is 0 Å². The fraction of sp³-hybridized carbons (Fsp3) is 0.448. The van der Waals surface area contributed by atoms with Crippen molar-refractivity contribution in [2.45, 2.75) is 18.9 Å². The van der Waals surface area contributed by atoms with Crippen molar-refractivity contribution in [2.75, 3.05) is 45.9 Å². The van der Waals surface area contributed by atoms with E-state index in [-0.39, 0.29) is 23.8 Å². The number of ether oxygens (including phenoxy) is 1. The molecule has 3 fully saturated rings. The predicted octanol–water partition coefficient (Wildman–Crippen LogP) is 3.46. The maximum Gasteiger partial charge on any atom is 0.256 e. The minimum atomic E-state index is -0.0389. The number of para-hydroxylation sites is 1. The van der Waals surface area contributed by atoms with Gasteiger partial charge in [-0.1, -0.05) is 48.5 Å². The Morgan fingerprint density at radius 3 is 2.50 bits per heavy atom. The average Bonchev–Trinajstić information content (AvgIpc) is 3.70. The van der Waals surface area contributed by atoms with Gasteiger partial charge in [-0.15, -0.1) is 0 Å². The lowest BCUT2D eigenvalue weighted by Crippen LogP contribution is -2.37. The van der Waals surface area contributed by atoms with Crippen LogP contribution in [0.15, 0.2) is 60.8 Å². The van der Waals surface area contributed by atoms with Crippen LogP contribution in [0.25, 0.3) is 10.9 Å². The van der Waals surface area contributed by atoms with E-state index < -0.39 is 0 Å². The van der Waals surface area contributed by atoms with Crippen LogP contribution in [0.4, 0.5) is 0 Å². The van der Waals surface area contributed by atoms with Crippen molar-refractivity contribution in [3.63, 3.8) is 0 Å². The maximum atomic E-state index is 13.3. The summed E-state index contributed by atoms with van der Waals surface area (Å²) < 4.78 is 5.42. The molecule has 0 saturated carbocycles. The van der Waals surface area contributed by atoms with Gasteiger partial charge >= 0.3 is 0 Å². The summed E-state index contributed by atoms with van der Waals surface area (Å²) in [7, 11) is 0. The van der Waals surface area contributed by atoms with Crippen LogP contribution in [0.2, 0.25) is 0 Å². The Morgan fingerprint density at radius 2 is 1.75 bits per heavy atom. The molecule has 4 heterocycles. The standard InChI is InChI=1S/C29H34N4O3/c34-28(21-11-13-36-19-21)31-26(20-6-2-1-3-7-20)10-12-32-15-22-17-33(18-23(22)16-32)29(35)25-14-30-27-9-5-4-8-24(25)27/h1-9,14,21-23,26,30H,10-13,15-19H2,(H,31,34)/t21?,22-,23?,26?/m0/s1. The summed E-state index contributed by atoms with van der Waals surface area (Å²) in [5, 5.41) is 4.30. The van der Waals surface area contributed by atoms with Gasteiger partial charge in [-0.3, -0.25) is 9.59 Å². The number of nitrogens with one attached hydrogen (secondary N) is 2. The van der Waals surface area contributed by atoms with Gasteiger partial charge in [-0.05, 0) is 36.3 Å². The summed E-state index contributed by atoms with van der Waals surface area (Å²) in [6.45, 7) is 5.79. The lowest BCUT2D eigenvalue weighted by atomic mass is 10.0. The highest BCUT2D eigenvalue weighted by atomic mass is 16.5. The van der Waals surface area contributed by atoms with E-state index in [1.165, 1.54) is 0 Å². The second-order valence-electron chi connectivity index (χ2n) is 10.6. The first-order valence-corrected chi connectivity index (χ1v) is 13.2. The van der Waals surface area contributed by atoms with Gasteiger partial charge in [-0.2, -0.15) is 0 Å². The second kappa shape index (κ2) is 10.1. The van der Waals surface area contributed by atoms with Gasteiger partial charge in [0, 0.05) is 56.4 Å². The van der Waals surface area contributed by atoms with Crippen LogP contribution in [0.3, 0.4) is 0 Å². The van der Waals surface area contributed by atoms with Crippen LogP contribution < -0.4 is 5.32 Å². The monoisotopic (exact) mass is 486 g/mol. The first-order valence-electron chi connectivity index (χ1n) is 13.2. The smallest absolute Gasteiger partial charge is 0.256 e. The largest absolute Gasteiger partial charge is 0.381 e. The molecule has 3 saturated heterocycles. The van der Waals surface area contributed by atoms with Crippen LogP contribution in [0, 0.1) is 17.8 Å².